The van der Waals surface area contributed by atoms with Crippen molar-refractivity contribution >= 4 is 27.5 Å². The molecule has 0 saturated heterocycles. The van der Waals surface area contributed by atoms with Crippen molar-refractivity contribution in [1.82, 2.24) is 4.98 Å². The van der Waals surface area contributed by atoms with Crippen molar-refractivity contribution in [3.63, 3.8) is 0 Å². The number of halogens is 2. The molecule has 0 bridgehead atoms. The van der Waals surface area contributed by atoms with E-state index in [9.17, 15) is 0 Å². The molecule has 3 rings (SSSR count). The van der Waals surface area contributed by atoms with Crippen LogP contribution in [0.25, 0.3) is 0 Å². The summed E-state index contributed by atoms with van der Waals surface area (Å²) in [6.45, 7) is 0.636. The minimum absolute atomic E-state index is 0. The number of benzene rings is 1. The van der Waals surface area contributed by atoms with Gasteiger partial charge in [-0.15, -0.1) is 0 Å². The zero-order valence-electron chi connectivity index (χ0n) is 14.1. The maximum Gasteiger partial charge on any atom is 0.213 e. The van der Waals surface area contributed by atoms with Crippen LogP contribution in [0.2, 0.25) is 5.02 Å². The molecule has 1 aliphatic rings. The van der Waals surface area contributed by atoms with Gasteiger partial charge < -0.3 is 10.5 Å². The first-order valence-corrected chi connectivity index (χ1v) is 9.03. The molecule has 3 nitrogen and oxygen atoms in total. The summed E-state index contributed by atoms with van der Waals surface area (Å²) in [5, 5.41) is 0.771. The summed E-state index contributed by atoms with van der Waals surface area (Å²) < 4.78 is 6.96. The molecule has 1 aliphatic carbocycles. The molecule has 1 aromatic heterocycles. The zero-order valence-corrected chi connectivity index (χ0v) is 25.2. The van der Waals surface area contributed by atoms with E-state index in [-0.39, 0.29) is 74.7 Å². The molecule has 0 atom stereocenters. The van der Waals surface area contributed by atoms with E-state index in [1.54, 1.807) is 6.20 Å². The topological polar surface area (TPSA) is 48.1 Å². The number of nitrogens with zero attached hydrogens (tertiary/aromatic N) is 1. The fourth-order valence-electron chi connectivity index (χ4n) is 3.29. The van der Waals surface area contributed by atoms with Crippen LogP contribution in [-0.4, -0.2) is 17.6 Å². The molecule has 0 unspecified atom stereocenters. The van der Waals surface area contributed by atoms with Crippen LogP contribution in [0.15, 0.2) is 47.1 Å². The van der Waals surface area contributed by atoms with Gasteiger partial charge in [0.25, 0.3) is 0 Å². The van der Waals surface area contributed by atoms with Crippen LogP contribution >= 0.6 is 27.5 Å². The third-order valence-electron chi connectivity index (χ3n) is 4.71. The Kier molecular flexibility index (Phi) is 13.0. The van der Waals surface area contributed by atoms with Crippen LogP contribution in [0.4, 0.5) is 0 Å². The molecule has 0 spiro atoms. The molecule has 0 amide bonds. The van der Waals surface area contributed by atoms with Gasteiger partial charge in [-0.05, 0) is 65.4 Å². The van der Waals surface area contributed by atoms with E-state index in [0.29, 0.717) is 12.4 Å². The van der Waals surface area contributed by atoms with E-state index in [1.807, 2.05) is 30.3 Å². The first-order chi connectivity index (χ1) is 11.1. The number of pyridine rings is 1. The van der Waals surface area contributed by atoms with Crippen molar-refractivity contribution < 1.29 is 67.9 Å². The molecule has 1 saturated carbocycles. The van der Waals surface area contributed by atoms with Crippen molar-refractivity contribution in [3.05, 3.63) is 57.7 Å². The third-order valence-corrected chi connectivity index (χ3v) is 5.41. The fraction of sp³-hybridized carbons (Fsp3) is 0.389. The van der Waals surface area contributed by atoms with E-state index in [2.05, 4.69) is 27.0 Å². The van der Waals surface area contributed by atoms with E-state index in [0.717, 1.165) is 35.2 Å². The Hall–Kier alpha value is 0.965. The molecular weight excluding hydrogens is 927 g/mol. The maximum atomic E-state index is 6.15. The Balaban J connectivity index is 0.00000208. The summed E-state index contributed by atoms with van der Waals surface area (Å²) >= 11 is 9.54. The number of rotatable bonds is 4. The maximum absolute atomic E-state index is 6.15. The van der Waals surface area contributed by atoms with Gasteiger partial charge in [0.15, 0.2) is 0 Å². The quantitative estimate of drug-likeness (QED) is 0.484. The molecule has 1 fully saturated rings. The molecule has 1 aromatic carbocycles. The molecule has 140 valence electrons. The van der Waals surface area contributed by atoms with Crippen molar-refractivity contribution in [2.45, 2.75) is 37.2 Å². The largest absolute Gasteiger partial charge is 0.474 e. The van der Waals surface area contributed by atoms with Gasteiger partial charge in [-0.3, -0.25) is 0 Å². The number of hydrogen-bond donors (Lipinski definition) is 1. The predicted molar refractivity (Wildman–Crippen MR) is 97.0 cm³/mol. The Bertz CT molecular complexity index is 668. The minimum Gasteiger partial charge on any atom is -0.474 e. The average Bonchev–Trinajstić information content (AvgIpc) is 2.58. The zero-order chi connectivity index (χ0) is 16.3. The predicted octanol–water partition coefficient (Wildman–Crippen LogP) is 4.71. The van der Waals surface area contributed by atoms with Gasteiger partial charge in [0.05, 0.1) is 0 Å². The number of ether oxygens (including phenoxy) is 1. The van der Waals surface area contributed by atoms with Crippen molar-refractivity contribution in [2.24, 2.45) is 5.73 Å². The second kappa shape index (κ2) is 12.5. The van der Waals surface area contributed by atoms with E-state index in [4.69, 9.17) is 22.1 Å². The number of hydrogen-bond acceptors (Lipinski definition) is 3. The number of aromatic nitrogens is 1. The molecule has 1 heterocycles. The summed E-state index contributed by atoms with van der Waals surface area (Å²) in [4.78, 5) is 4.29. The van der Waals surface area contributed by atoms with Gasteiger partial charge in [0.1, 0.15) is 6.10 Å². The van der Waals surface area contributed by atoms with Crippen LogP contribution in [0.5, 0.6) is 5.88 Å². The first kappa shape index (κ1) is 27.0. The molecular formula is C18H20BrClN2OW3. The van der Waals surface area contributed by atoms with Gasteiger partial charge in [-0.2, -0.15) is 0 Å². The van der Waals surface area contributed by atoms with E-state index < -0.39 is 0 Å². The summed E-state index contributed by atoms with van der Waals surface area (Å²) in [6.07, 6.45) is 5.91. The summed E-state index contributed by atoms with van der Waals surface area (Å²) in [5.74, 6) is 0.682. The van der Waals surface area contributed by atoms with E-state index >= 15 is 0 Å². The minimum atomic E-state index is 0. The normalized spacial score (nSPS) is 21.6. The second-order valence-corrected chi connectivity index (χ2v) is 7.48. The van der Waals surface area contributed by atoms with Crippen LogP contribution < -0.4 is 10.5 Å². The monoisotopic (exact) mass is 946 g/mol. The standard InChI is InChI=1S/C18H20BrClN2O.3W/c19-14-4-5-17(22-11-14)23-16-6-8-18(12-21,9-7-16)13-2-1-3-15(20)10-13;;;/h1-5,10-11,16H,6-9,12,21H2;;;. The van der Waals surface area contributed by atoms with Crippen LogP contribution in [0.3, 0.4) is 0 Å². The molecule has 0 radical (unpaired) electrons. The average molecular weight is 947 g/mol. The van der Waals surface area contributed by atoms with Crippen molar-refractivity contribution in [1.29, 1.82) is 0 Å². The summed E-state index contributed by atoms with van der Waals surface area (Å²) in [6, 6.07) is 11.9. The number of nitrogens with two attached hydrogens (primary N) is 1. The second-order valence-electron chi connectivity index (χ2n) is 6.13. The Morgan fingerprint density at radius 3 is 2.38 bits per heavy atom. The SMILES string of the molecule is NCC1(c2cccc(Cl)c2)CCC(Oc2ccc(Br)cn2)CC1.[W].[W].[W]. The smallest absolute Gasteiger partial charge is 0.213 e. The summed E-state index contributed by atoms with van der Waals surface area (Å²) in [7, 11) is 0. The van der Waals surface area contributed by atoms with Crippen LogP contribution in [0, 0.1) is 0 Å². The Labute approximate surface area is 211 Å². The Morgan fingerprint density at radius 1 is 1.15 bits per heavy atom. The Morgan fingerprint density at radius 2 is 1.85 bits per heavy atom. The molecule has 2 aromatic rings. The van der Waals surface area contributed by atoms with Gasteiger partial charge in [0, 0.05) is 96.9 Å². The van der Waals surface area contributed by atoms with Gasteiger partial charge in [-0.25, -0.2) is 4.98 Å². The third kappa shape index (κ3) is 6.79. The van der Waals surface area contributed by atoms with Crippen molar-refractivity contribution in [2.75, 3.05) is 6.54 Å². The molecule has 26 heavy (non-hydrogen) atoms. The van der Waals surface area contributed by atoms with Gasteiger partial charge in [0.2, 0.25) is 5.88 Å². The summed E-state index contributed by atoms with van der Waals surface area (Å²) in [5.41, 5.74) is 7.39. The first-order valence-electron chi connectivity index (χ1n) is 7.86. The molecule has 8 heteroatoms. The van der Waals surface area contributed by atoms with Gasteiger partial charge in [-0.1, -0.05) is 23.7 Å². The fourth-order valence-corrected chi connectivity index (χ4v) is 3.72. The van der Waals surface area contributed by atoms with E-state index in [1.165, 1.54) is 5.56 Å². The molecule has 0 aliphatic heterocycles. The van der Waals surface area contributed by atoms with Crippen LogP contribution in [0.1, 0.15) is 31.2 Å². The van der Waals surface area contributed by atoms with Crippen LogP contribution in [-0.2, 0) is 68.6 Å². The van der Waals surface area contributed by atoms with Crippen molar-refractivity contribution in [3.8, 4) is 5.88 Å². The molecule has 2 N–H and O–H groups in total. The van der Waals surface area contributed by atoms with Gasteiger partial charge >= 0.3 is 0 Å².